The van der Waals surface area contributed by atoms with Crippen molar-refractivity contribution in [2.75, 3.05) is 6.61 Å². The third kappa shape index (κ3) is 4.01. The van der Waals surface area contributed by atoms with Crippen molar-refractivity contribution in [3.8, 4) is 0 Å². The minimum atomic E-state index is -0.441. The minimum absolute atomic E-state index is 0.419. The van der Waals surface area contributed by atoms with Crippen molar-refractivity contribution in [3.63, 3.8) is 0 Å². The van der Waals surface area contributed by atoms with Crippen LogP contribution in [0.1, 0.15) is 19.4 Å². The summed E-state index contributed by atoms with van der Waals surface area (Å²) in [6.45, 7) is 7.93. The molecule has 1 rings (SSSR count). The van der Waals surface area contributed by atoms with E-state index in [0.29, 0.717) is 6.61 Å². The first-order valence-corrected chi connectivity index (χ1v) is 5.30. The second kappa shape index (κ2) is 6.26. The van der Waals surface area contributed by atoms with Gasteiger partial charge in [-0.2, -0.15) is 0 Å². The largest absolute Gasteiger partial charge is 0.232 e. The van der Waals surface area contributed by atoms with Crippen LogP contribution in [0.4, 0.5) is 0 Å². The van der Waals surface area contributed by atoms with Gasteiger partial charge in [0.2, 0.25) is 0 Å². The third-order valence-corrected chi connectivity index (χ3v) is 2.17. The summed E-state index contributed by atoms with van der Waals surface area (Å²) >= 11 is 0. The molecule has 0 unspecified atom stereocenters. The molecule has 0 heterocycles. The molecule has 0 spiro atoms. The molecule has 0 bridgehead atoms. The number of benzene rings is 1. The maximum atomic E-state index is 5.38. The van der Waals surface area contributed by atoms with E-state index in [4.69, 9.17) is 9.78 Å². The molecule has 0 fully saturated rings. The van der Waals surface area contributed by atoms with Crippen LogP contribution in [0.15, 0.2) is 55.1 Å². The van der Waals surface area contributed by atoms with E-state index in [1.165, 1.54) is 0 Å². The molecule has 0 atom stereocenters. The van der Waals surface area contributed by atoms with Crippen LogP contribution in [0.3, 0.4) is 0 Å². The average Bonchev–Trinajstić information content (AvgIpc) is 2.30. The number of hydrogen-bond acceptors (Lipinski definition) is 2. The molecule has 1 aromatic rings. The van der Waals surface area contributed by atoms with Gasteiger partial charge in [-0.1, -0.05) is 55.1 Å². The highest BCUT2D eigenvalue weighted by molar-refractivity contribution is 5.20. The van der Waals surface area contributed by atoms with Gasteiger partial charge in [-0.3, -0.25) is 0 Å². The van der Waals surface area contributed by atoms with Crippen molar-refractivity contribution >= 4 is 0 Å². The molecule has 0 N–H and O–H groups in total. The fourth-order valence-electron chi connectivity index (χ4n) is 1.26. The Morgan fingerprint density at radius 3 is 2.56 bits per heavy atom. The number of rotatable bonds is 6. The molecule has 2 heteroatoms. The van der Waals surface area contributed by atoms with Gasteiger partial charge >= 0.3 is 0 Å². The highest BCUT2D eigenvalue weighted by Gasteiger charge is 2.22. The van der Waals surface area contributed by atoms with Gasteiger partial charge in [0, 0.05) is 0 Å². The van der Waals surface area contributed by atoms with E-state index in [2.05, 4.69) is 6.58 Å². The van der Waals surface area contributed by atoms with E-state index in [0.717, 1.165) is 5.56 Å². The van der Waals surface area contributed by atoms with Crippen LogP contribution < -0.4 is 0 Å². The Hall–Kier alpha value is -1.38. The van der Waals surface area contributed by atoms with Crippen molar-refractivity contribution in [1.82, 2.24) is 0 Å². The van der Waals surface area contributed by atoms with Gasteiger partial charge in [-0.15, -0.1) is 0 Å². The molecule has 86 valence electrons. The molecule has 0 saturated heterocycles. The first-order valence-electron chi connectivity index (χ1n) is 5.30. The van der Waals surface area contributed by atoms with Gasteiger partial charge in [0.15, 0.2) is 0 Å². The Balaban J connectivity index is 2.46. The van der Waals surface area contributed by atoms with Gasteiger partial charge < -0.3 is 0 Å². The summed E-state index contributed by atoms with van der Waals surface area (Å²) in [4.78, 5) is 10.5. The van der Waals surface area contributed by atoms with Crippen LogP contribution in [0, 0.1) is 0 Å². The SMILES string of the molecule is C=CC=CCOOC(C)(C)c1ccccc1. The second-order valence-electron chi connectivity index (χ2n) is 3.91. The van der Waals surface area contributed by atoms with E-state index in [-0.39, 0.29) is 0 Å². The number of allylic oxidation sites excluding steroid dienone is 2. The van der Waals surface area contributed by atoms with Crippen LogP contribution in [-0.2, 0) is 15.4 Å². The second-order valence-corrected chi connectivity index (χ2v) is 3.91. The van der Waals surface area contributed by atoms with Gasteiger partial charge in [0.25, 0.3) is 0 Å². The van der Waals surface area contributed by atoms with E-state index in [1.54, 1.807) is 6.08 Å². The van der Waals surface area contributed by atoms with Crippen LogP contribution in [-0.4, -0.2) is 6.61 Å². The maximum Gasteiger partial charge on any atom is 0.123 e. The summed E-state index contributed by atoms with van der Waals surface area (Å²) in [5.74, 6) is 0. The van der Waals surface area contributed by atoms with Crippen molar-refractivity contribution in [2.24, 2.45) is 0 Å². The van der Waals surface area contributed by atoms with Crippen molar-refractivity contribution in [3.05, 3.63) is 60.7 Å². The molecule has 0 aliphatic carbocycles. The normalized spacial score (nSPS) is 11.9. The van der Waals surface area contributed by atoms with E-state index >= 15 is 0 Å². The van der Waals surface area contributed by atoms with Gasteiger partial charge in [-0.05, 0) is 19.4 Å². The zero-order valence-electron chi connectivity index (χ0n) is 9.85. The van der Waals surface area contributed by atoms with E-state index < -0.39 is 5.60 Å². The lowest BCUT2D eigenvalue weighted by Gasteiger charge is -2.23. The lowest BCUT2D eigenvalue weighted by molar-refractivity contribution is -0.351. The predicted molar refractivity (Wildman–Crippen MR) is 65.8 cm³/mol. The van der Waals surface area contributed by atoms with E-state index in [9.17, 15) is 0 Å². The standard InChI is InChI=1S/C14H18O2/c1-4-5-9-12-15-16-14(2,3)13-10-7-6-8-11-13/h4-11H,1,12H2,2-3H3. The topological polar surface area (TPSA) is 18.5 Å². The molecular weight excluding hydrogens is 200 g/mol. The average molecular weight is 218 g/mol. The molecule has 16 heavy (non-hydrogen) atoms. The van der Waals surface area contributed by atoms with Crippen LogP contribution in [0.25, 0.3) is 0 Å². The summed E-state index contributed by atoms with van der Waals surface area (Å²) in [5.41, 5.74) is 0.645. The highest BCUT2D eigenvalue weighted by atomic mass is 17.2. The molecule has 0 saturated carbocycles. The van der Waals surface area contributed by atoms with Crippen LogP contribution >= 0.6 is 0 Å². The molecule has 1 aromatic carbocycles. The Labute approximate surface area is 97.1 Å². The highest BCUT2D eigenvalue weighted by Crippen LogP contribution is 2.24. The van der Waals surface area contributed by atoms with Crippen LogP contribution in [0.5, 0.6) is 0 Å². The monoisotopic (exact) mass is 218 g/mol. The fourth-order valence-corrected chi connectivity index (χ4v) is 1.26. The lowest BCUT2D eigenvalue weighted by atomic mass is 9.99. The molecule has 0 aliphatic rings. The van der Waals surface area contributed by atoms with Crippen LogP contribution in [0.2, 0.25) is 0 Å². The van der Waals surface area contributed by atoms with Crippen molar-refractivity contribution < 1.29 is 9.78 Å². The predicted octanol–water partition coefficient (Wildman–Crippen LogP) is 3.61. The Kier molecular flexibility index (Phi) is 4.96. The molecule has 0 amide bonds. The van der Waals surface area contributed by atoms with Gasteiger partial charge in [-0.25, -0.2) is 9.78 Å². The summed E-state index contributed by atoms with van der Waals surface area (Å²) in [6.07, 6.45) is 5.36. The quantitative estimate of drug-likeness (QED) is 0.314. The Morgan fingerprint density at radius 1 is 1.25 bits per heavy atom. The summed E-state index contributed by atoms with van der Waals surface area (Å²) in [7, 11) is 0. The van der Waals surface area contributed by atoms with Gasteiger partial charge in [0.05, 0.1) is 0 Å². The van der Waals surface area contributed by atoms with E-state index in [1.807, 2.05) is 56.3 Å². The molecular formula is C14H18O2. The first kappa shape index (κ1) is 12.7. The minimum Gasteiger partial charge on any atom is -0.232 e. The maximum absolute atomic E-state index is 5.38. The lowest BCUT2D eigenvalue weighted by Crippen LogP contribution is -2.21. The molecule has 0 radical (unpaired) electrons. The van der Waals surface area contributed by atoms with Crippen molar-refractivity contribution in [1.29, 1.82) is 0 Å². The Morgan fingerprint density at radius 2 is 1.94 bits per heavy atom. The third-order valence-electron chi connectivity index (χ3n) is 2.17. The molecule has 0 aromatic heterocycles. The summed E-state index contributed by atoms with van der Waals surface area (Å²) < 4.78 is 0. The fraction of sp³-hybridized carbons (Fsp3) is 0.286. The zero-order chi connectivity index (χ0) is 11.9. The Bertz CT molecular complexity index is 339. The smallest absolute Gasteiger partial charge is 0.123 e. The van der Waals surface area contributed by atoms with Crippen molar-refractivity contribution in [2.45, 2.75) is 19.4 Å². The number of hydrogen-bond donors (Lipinski definition) is 0. The molecule has 0 aliphatic heterocycles. The molecule has 2 nitrogen and oxygen atoms in total. The first-order chi connectivity index (χ1) is 7.67. The summed E-state index contributed by atoms with van der Waals surface area (Å²) in [6, 6.07) is 9.98. The van der Waals surface area contributed by atoms with Gasteiger partial charge in [0.1, 0.15) is 12.2 Å². The summed E-state index contributed by atoms with van der Waals surface area (Å²) in [5, 5.41) is 0. The zero-order valence-corrected chi connectivity index (χ0v) is 9.85.